The number of carbonyl (C=O) groups is 1. The van der Waals surface area contributed by atoms with Crippen LogP contribution in [0.15, 0.2) is 30.3 Å². The van der Waals surface area contributed by atoms with Crippen molar-refractivity contribution < 1.29 is 9.53 Å². The van der Waals surface area contributed by atoms with E-state index in [0.29, 0.717) is 13.2 Å². The van der Waals surface area contributed by atoms with Crippen molar-refractivity contribution >= 4 is 5.91 Å². The standard InChI is InChI=1S/C15H24N2O2/c1-5-19-14(2,3)11-17-13(18)15(4,16)12-9-7-6-8-10-12/h6-10H,5,11,16H2,1-4H3,(H,17,18). The maximum absolute atomic E-state index is 12.2. The molecule has 0 saturated heterocycles. The van der Waals surface area contributed by atoms with Crippen LogP contribution in [0.25, 0.3) is 0 Å². The summed E-state index contributed by atoms with van der Waals surface area (Å²) in [6, 6.07) is 9.35. The van der Waals surface area contributed by atoms with Gasteiger partial charge in [0.05, 0.1) is 5.60 Å². The lowest BCUT2D eigenvalue weighted by molar-refractivity contribution is -0.127. The van der Waals surface area contributed by atoms with Gasteiger partial charge in [0, 0.05) is 13.2 Å². The van der Waals surface area contributed by atoms with Crippen LogP contribution < -0.4 is 11.1 Å². The molecule has 1 amide bonds. The predicted octanol–water partition coefficient (Wildman–Crippen LogP) is 1.79. The zero-order valence-corrected chi connectivity index (χ0v) is 12.2. The molecule has 1 aromatic carbocycles. The summed E-state index contributed by atoms with van der Waals surface area (Å²) in [6.45, 7) is 8.56. The topological polar surface area (TPSA) is 64.3 Å². The third-order valence-corrected chi connectivity index (χ3v) is 3.05. The fourth-order valence-electron chi connectivity index (χ4n) is 1.83. The summed E-state index contributed by atoms with van der Waals surface area (Å²) < 4.78 is 5.54. The lowest BCUT2D eigenvalue weighted by Gasteiger charge is -2.29. The molecule has 3 N–H and O–H groups in total. The third-order valence-electron chi connectivity index (χ3n) is 3.05. The highest BCUT2D eigenvalue weighted by molar-refractivity contribution is 5.87. The van der Waals surface area contributed by atoms with Crippen LogP contribution in [0.3, 0.4) is 0 Å². The van der Waals surface area contributed by atoms with E-state index in [-0.39, 0.29) is 5.91 Å². The van der Waals surface area contributed by atoms with Gasteiger partial charge in [-0.25, -0.2) is 0 Å². The minimum Gasteiger partial charge on any atom is -0.374 e. The predicted molar refractivity (Wildman–Crippen MR) is 76.7 cm³/mol. The SMILES string of the molecule is CCOC(C)(C)CNC(=O)C(C)(N)c1ccccc1. The molecule has 19 heavy (non-hydrogen) atoms. The van der Waals surface area contributed by atoms with Crippen molar-refractivity contribution in [2.24, 2.45) is 5.73 Å². The van der Waals surface area contributed by atoms with Gasteiger partial charge in [0.25, 0.3) is 0 Å². The first kappa shape index (κ1) is 15.7. The first-order valence-electron chi connectivity index (χ1n) is 6.56. The smallest absolute Gasteiger partial charge is 0.244 e. The normalized spacial score (nSPS) is 14.8. The van der Waals surface area contributed by atoms with Gasteiger partial charge in [0.15, 0.2) is 0 Å². The van der Waals surface area contributed by atoms with E-state index in [9.17, 15) is 4.79 Å². The summed E-state index contributed by atoms with van der Waals surface area (Å²) >= 11 is 0. The molecule has 0 radical (unpaired) electrons. The van der Waals surface area contributed by atoms with Gasteiger partial charge in [0.2, 0.25) is 5.91 Å². The minimum atomic E-state index is -1.04. The number of nitrogens with two attached hydrogens (primary N) is 1. The van der Waals surface area contributed by atoms with Gasteiger partial charge >= 0.3 is 0 Å². The summed E-state index contributed by atoms with van der Waals surface area (Å²) in [4.78, 5) is 12.2. The van der Waals surface area contributed by atoms with Crippen LogP contribution in [-0.2, 0) is 15.1 Å². The molecule has 0 aliphatic heterocycles. The van der Waals surface area contributed by atoms with E-state index in [2.05, 4.69) is 5.32 Å². The monoisotopic (exact) mass is 264 g/mol. The van der Waals surface area contributed by atoms with Crippen LogP contribution in [0, 0.1) is 0 Å². The Morgan fingerprint density at radius 2 is 1.84 bits per heavy atom. The molecule has 0 spiro atoms. The molecule has 0 aromatic heterocycles. The Morgan fingerprint density at radius 1 is 1.26 bits per heavy atom. The fourth-order valence-corrected chi connectivity index (χ4v) is 1.83. The van der Waals surface area contributed by atoms with Crippen LogP contribution in [-0.4, -0.2) is 24.7 Å². The third kappa shape index (κ3) is 4.33. The van der Waals surface area contributed by atoms with Crippen LogP contribution >= 0.6 is 0 Å². The molecule has 4 heteroatoms. The van der Waals surface area contributed by atoms with Crippen LogP contribution in [0.4, 0.5) is 0 Å². The highest BCUT2D eigenvalue weighted by Gasteiger charge is 2.31. The second kappa shape index (κ2) is 6.17. The second-order valence-electron chi connectivity index (χ2n) is 5.44. The van der Waals surface area contributed by atoms with Crippen LogP contribution in [0.2, 0.25) is 0 Å². The summed E-state index contributed by atoms with van der Waals surface area (Å²) in [7, 11) is 0. The Hall–Kier alpha value is -1.39. The highest BCUT2D eigenvalue weighted by Crippen LogP contribution is 2.18. The van der Waals surface area contributed by atoms with Crippen molar-refractivity contribution in [1.82, 2.24) is 5.32 Å². The molecule has 1 aromatic rings. The molecule has 4 nitrogen and oxygen atoms in total. The van der Waals surface area contributed by atoms with E-state index >= 15 is 0 Å². The van der Waals surface area contributed by atoms with Crippen molar-refractivity contribution in [1.29, 1.82) is 0 Å². The molecule has 106 valence electrons. The van der Waals surface area contributed by atoms with E-state index in [1.807, 2.05) is 51.1 Å². The molecule has 0 aliphatic rings. The largest absolute Gasteiger partial charge is 0.374 e. The Labute approximate surface area is 115 Å². The van der Waals surface area contributed by atoms with E-state index in [1.54, 1.807) is 6.92 Å². The minimum absolute atomic E-state index is 0.202. The maximum Gasteiger partial charge on any atom is 0.244 e. The van der Waals surface area contributed by atoms with Crippen LogP contribution in [0.5, 0.6) is 0 Å². The van der Waals surface area contributed by atoms with E-state index in [1.165, 1.54) is 0 Å². The van der Waals surface area contributed by atoms with Gasteiger partial charge in [-0.05, 0) is 33.3 Å². The molecule has 0 aliphatic carbocycles. The molecule has 1 unspecified atom stereocenters. The van der Waals surface area contributed by atoms with Gasteiger partial charge in [-0.2, -0.15) is 0 Å². The number of nitrogens with one attached hydrogen (secondary N) is 1. The first-order valence-corrected chi connectivity index (χ1v) is 6.56. The Bertz CT molecular complexity index is 413. The molecular weight excluding hydrogens is 240 g/mol. The Morgan fingerprint density at radius 3 is 2.37 bits per heavy atom. The first-order chi connectivity index (χ1) is 8.79. The Balaban J connectivity index is 2.68. The zero-order chi connectivity index (χ0) is 14.5. The van der Waals surface area contributed by atoms with Gasteiger partial charge < -0.3 is 15.8 Å². The van der Waals surface area contributed by atoms with Gasteiger partial charge in [-0.1, -0.05) is 30.3 Å². The quantitative estimate of drug-likeness (QED) is 0.823. The molecule has 0 heterocycles. The molecule has 0 fully saturated rings. The Kier molecular flexibility index (Phi) is 5.09. The number of benzene rings is 1. The lowest BCUT2D eigenvalue weighted by atomic mass is 9.92. The number of ether oxygens (including phenoxy) is 1. The van der Waals surface area contributed by atoms with Crippen LogP contribution in [0.1, 0.15) is 33.3 Å². The van der Waals surface area contributed by atoms with E-state index in [0.717, 1.165) is 5.56 Å². The van der Waals surface area contributed by atoms with Crippen molar-refractivity contribution in [3.05, 3.63) is 35.9 Å². The number of rotatable bonds is 6. The van der Waals surface area contributed by atoms with Crippen molar-refractivity contribution in [2.75, 3.05) is 13.2 Å². The molecule has 0 saturated carbocycles. The summed E-state index contributed by atoms with van der Waals surface area (Å²) in [5, 5.41) is 2.86. The van der Waals surface area contributed by atoms with E-state index < -0.39 is 11.1 Å². The van der Waals surface area contributed by atoms with Gasteiger partial charge in [-0.3, -0.25) is 4.79 Å². The molecule has 1 atom stereocenters. The number of hydrogen-bond acceptors (Lipinski definition) is 3. The molecule has 0 bridgehead atoms. The summed E-state index contributed by atoms with van der Waals surface area (Å²) in [5.74, 6) is -0.202. The summed E-state index contributed by atoms with van der Waals surface area (Å²) in [6.07, 6.45) is 0. The zero-order valence-electron chi connectivity index (χ0n) is 12.2. The van der Waals surface area contributed by atoms with E-state index in [4.69, 9.17) is 10.5 Å². The lowest BCUT2D eigenvalue weighted by Crippen LogP contribution is -2.52. The second-order valence-corrected chi connectivity index (χ2v) is 5.44. The summed E-state index contributed by atoms with van der Waals surface area (Å²) in [5.41, 5.74) is 5.50. The maximum atomic E-state index is 12.2. The van der Waals surface area contributed by atoms with Crippen molar-refractivity contribution in [3.63, 3.8) is 0 Å². The molecular formula is C15H24N2O2. The average Bonchev–Trinajstić information content (AvgIpc) is 2.37. The number of amides is 1. The molecule has 1 rings (SSSR count). The van der Waals surface area contributed by atoms with Gasteiger partial charge in [0.1, 0.15) is 5.54 Å². The highest BCUT2D eigenvalue weighted by atomic mass is 16.5. The number of hydrogen-bond donors (Lipinski definition) is 2. The van der Waals surface area contributed by atoms with Crippen molar-refractivity contribution in [2.45, 2.75) is 38.8 Å². The van der Waals surface area contributed by atoms with Crippen molar-refractivity contribution in [3.8, 4) is 0 Å². The number of carbonyl (C=O) groups excluding carboxylic acids is 1. The average molecular weight is 264 g/mol. The van der Waals surface area contributed by atoms with Gasteiger partial charge in [-0.15, -0.1) is 0 Å². The fraction of sp³-hybridized carbons (Fsp3) is 0.533.